The monoisotopic (exact) mass is 458 g/mol. The third kappa shape index (κ3) is 5.94. The minimum Gasteiger partial charge on any atom is -0.378 e. The van der Waals surface area contributed by atoms with Crippen molar-refractivity contribution >= 4 is 40.8 Å². The van der Waals surface area contributed by atoms with Crippen LogP contribution in [0.15, 0.2) is 59.8 Å². The van der Waals surface area contributed by atoms with Crippen molar-refractivity contribution in [3.8, 4) is 0 Å². The van der Waals surface area contributed by atoms with Gasteiger partial charge in [0, 0.05) is 36.2 Å². The smallest absolute Gasteiger partial charge is 0.255 e. The van der Waals surface area contributed by atoms with Gasteiger partial charge in [-0.2, -0.15) is 0 Å². The van der Waals surface area contributed by atoms with Crippen LogP contribution in [-0.4, -0.2) is 42.2 Å². The number of aromatic nitrogens is 2. The summed E-state index contributed by atoms with van der Waals surface area (Å²) in [6, 6.07) is 14.7. The Hall–Kier alpha value is -2.68. The number of rotatable bonds is 6. The molecule has 0 aliphatic carbocycles. The van der Waals surface area contributed by atoms with Gasteiger partial charge in [0.15, 0.2) is 5.16 Å². The summed E-state index contributed by atoms with van der Waals surface area (Å²) in [7, 11) is 0. The van der Waals surface area contributed by atoms with Gasteiger partial charge >= 0.3 is 0 Å². The highest BCUT2D eigenvalue weighted by Crippen LogP contribution is 2.25. The lowest BCUT2D eigenvalue weighted by Crippen LogP contribution is -2.36. The van der Waals surface area contributed by atoms with Crippen LogP contribution in [0.1, 0.15) is 15.9 Å². The predicted octanol–water partition coefficient (Wildman–Crippen LogP) is 4.65. The molecular weight excluding hydrogens is 439 g/mol. The van der Waals surface area contributed by atoms with Gasteiger partial charge in [-0.05, 0) is 42.0 Å². The molecule has 1 fully saturated rings. The summed E-state index contributed by atoms with van der Waals surface area (Å²) in [6.07, 6.45) is 0. The average Bonchev–Trinajstić information content (AvgIpc) is 2.80. The Labute approximate surface area is 188 Å². The number of hydrogen-bond acceptors (Lipinski definition) is 6. The summed E-state index contributed by atoms with van der Waals surface area (Å²) >= 11 is 7.68. The molecule has 9 heteroatoms. The molecule has 0 unspecified atom stereocenters. The molecule has 0 saturated carbocycles. The highest BCUT2D eigenvalue weighted by Gasteiger charge is 2.15. The van der Waals surface area contributed by atoms with Crippen molar-refractivity contribution in [2.45, 2.75) is 10.9 Å². The van der Waals surface area contributed by atoms with Gasteiger partial charge in [0.25, 0.3) is 5.91 Å². The fraction of sp³-hybridized carbons (Fsp3) is 0.227. The van der Waals surface area contributed by atoms with Gasteiger partial charge in [0.2, 0.25) is 0 Å². The fourth-order valence-corrected chi connectivity index (χ4v) is 4.08. The van der Waals surface area contributed by atoms with Crippen LogP contribution in [0.25, 0.3) is 0 Å². The summed E-state index contributed by atoms with van der Waals surface area (Å²) in [5.74, 6) is 0.848. The Balaban J connectivity index is 1.36. The lowest BCUT2D eigenvalue weighted by atomic mass is 10.1. The molecule has 1 amide bonds. The van der Waals surface area contributed by atoms with E-state index in [1.807, 2.05) is 12.1 Å². The van der Waals surface area contributed by atoms with Crippen LogP contribution >= 0.6 is 23.4 Å². The molecule has 2 heterocycles. The number of morpholine rings is 1. The first kappa shape index (κ1) is 21.5. The second-order valence-electron chi connectivity index (χ2n) is 6.88. The van der Waals surface area contributed by atoms with Gasteiger partial charge in [-0.25, -0.2) is 14.4 Å². The highest BCUT2D eigenvalue weighted by atomic mass is 35.5. The van der Waals surface area contributed by atoms with E-state index in [4.69, 9.17) is 16.3 Å². The third-order valence-corrected chi connectivity index (χ3v) is 5.79. The SMILES string of the molecule is O=C(Nc1ccc(F)cc1)c1ccc(CSc2nc(Cl)cc(N3CCOCC3)n2)cc1. The molecule has 2 aromatic carbocycles. The zero-order valence-corrected chi connectivity index (χ0v) is 18.1. The maximum Gasteiger partial charge on any atom is 0.255 e. The molecule has 0 atom stereocenters. The first-order chi connectivity index (χ1) is 15.1. The number of halogens is 2. The van der Waals surface area contributed by atoms with E-state index in [9.17, 15) is 9.18 Å². The van der Waals surface area contributed by atoms with Crippen LogP contribution in [0.3, 0.4) is 0 Å². The largest absolute Gasteiger partial charge is 0.378 e. The first-order valence-corrected chi connectivity index (χ1v) is 11.1. The van der Waals surface area contributed by atoms with E-state index in [1.54, 1.807) is 18.2 Å². The minimum absolute atomic E-state index is 0.251. The molecule has 1 aromatic heterocycles. The molecule has 6 nitrogen and oxygen atoms in total. The van der Waals surface area contributed by atoms with Crippen molar-refractivity contribution in [3.63, 3.8) is 0 Å². The van der Waals surface area contributed by atoms with E-state index in [-0.39, 0.29) is 11.7 Å². The molecule has 0 radical (unpaired) electrons. The maximum absolute atomic E-state index is 13.0. The number of thioether (sulfide) groups is 1. The Morgan fingerprint density at radius 1 is 1.10 bits per heavy atom. The Morgan fingerprint density at radius 2 is 1.81 bits per heavy atom. The number of anilines is 2. The molecule has 1 aliphatic rings. The number of hydrogen-bond donors (Lipinski definition) is 1. The molecule has 4 rings (SSSR count). The molecule has 31 heavy (non-hydrogen) atoms. The summed E-state index contributed by atoms with van der Waals surface area (Å²) in [5, 5.41) is 3.76. The van der Waals surface area contributed by atoms with Gasteiger partial charge in [-0.15, -0.1) is 0 Å². The van der Waals surface area contributed by atoms with Gasteiger partial charge in [0.1, 0.15) is 16.8 Å². The summed E-state index contributed by atoms with van der Waals surface area (Å²) in [4.78, 5) is 23.4. The number of carbonyl (C=O) groups is 1. The molecular formula is C22H20ClFN4O2S. The highest BCUT2D eigenvalue weighted by molar-refractivity contribution is 7.98. The predicted molar refractivity (Wildman–Crippen MR) is 120 cm³/mol. The van der Waals surface area contributed by atoms with Crippen molar-refractivity contribution < 1.29 is 13.9 Å². The molecule has 160 valence electrons. The second kappa shape index (κ2) is 10.1. The zero-order valence-electron chi connectivity index (χ0n) is 16.6. The topological polar surface area (TPSA) is 67.4 Å². The van der Waals surface area contributed by atoms with E-state index in [0.29, 0.717) is 40.5 Å². The number of amides is 1. The Morgan fingerprint density at radius 3 is 2.52 bits per heavy atom. The van der Waals surface area contributed by atoms with Gasteiger partial charge in [0.05, 0.1) is 13.2 Å². The average molecular weight is 459 g/mol. The first-order valence-electron chi connectivity index (χ1n) is 9.73. The van der Waals surface area contributed by atoms with Crippen molar-refractivity contribution in [2.24, 2.45) is 0 Å². The van der Waals surface area contributed by atoms with Crippen LogP contribution in [-0.2, 0) is 10.5 Å². The number of ether oxygens (including phenoxy) is 1. The van der Waals surface area contributed by atoms with Gasteiger partial charge in [-0.3, -0.25) is 4.79 Å². The molecule has 1 saturated heterocycles. The number of benzene rings is 2. The van der Waals surface area contributed by atoms with E-state index in [1.165, 1.54) is 36.0 Å². The summed E-state index contributed by atoms with van der Waals surface area (Å²) < 4.78 is 18.4. The Bertz CT molecular complexity index is 1040. The van der Waals surface area contributed by atoms with E-state index >= 15 is 0 Å². The van der Waals surface area contributed by atoms with Crippen LogP contribution < -0.4 is 10.2 Å². The number of carbonyl (C=O) groups excluding carboxylic acids is 1. The quantitative estimate of drug-likeness (QED) is 0.329. The van der Waals surface area contributed by atoms with E-state index in [0.717, 1.165) is 24.5 Å². The number of nitrogens with one attached hydrogen (secondary N) is 1. The molecule has 0 spiro atoms. The summed E-state index contributed by atoms with van der Waals surface area (Å²) in [5.41, 5.74) is 2.09. The van der Waals surface area contributed by atoms with Crippen LogP contribution in [0.2, 0.25) is 5.15 Å². The number of nitrogens with zero attached hydrogens (tertiary/aromatic N) is 3. The molecule has 1 aliphatic heterocycles. The standard InChI is InChI=1S/C22H20ClFN4O2S/c23-19-13-20(28-9-11-30-12-10-28)27-22(26-19)31-14-15-1-3-16(4-2-15)21(29)25-18-7-5-17(24)6-8-18/h1-8,13H,9-12,14H2,(H,25,29). The molecule has 1 N–H and O–H groups in total. The normalized spacial score (nSPS) is 13.8. The summed E-state index contributed by atoms with van der Waals surface area (Å²) in [6.45, 7) is 2.90. The lowest BCUT2D eigenvalue weighted by molar-refractivity contribution is 0.102. The minimum atomic E-state index is -0.347. The van der Waals surface area contributed by atoms with E-state index in [2.05, 4.69) is 20.2 Å². The maximum atomic E-state index is 13.0. The molecule has 0 bridgehead atoms. The van der Waals surface area contributed by atoms with Crippen molar-refractivity contribution in [3.05, 3.63) is 76.7 Å². The fourth-order valence-electron chi connectivity index (χ4n) is 3.04. The van der Waals surface area contributed by atoms with Crippen molar-refractivity contribution in [1.29, 1.82) is 0 Å². The van der Waals surface area contributed by atoms with Crippen LogP contribution in [0.5, 0.6) is 0 Å². The van der Waals surface area contributed by atoms with Crippen LogP contribution in [0.4, 0.5) is 15.9 Å². The Kier molecular flexibility index (Phi) is 7.01. The van der Waals surface area contributed by atoms with E-state index < -0.39 is 0 Å². The second-order valence-corrected chi connectivity index (χ2v) is 8.21. The zero-order chi connectivity index (χ0) is 21.6. The molecule has 3 aromatic rings. The third-order valence-electron chi connectivity index (χ3n) is 4.68. The lowest BCUT2D eigenvalue weighted by Gasteiger charge is -2.27. The van der Waals surface area contributed by atoms with Crippen molar-refractivity contribution in [1.82, 2.24) is 9.97 Å². The van der Waals surface area contributed by atoms with Gasteiger partial charge in [-0.1, -0.05) is 35.5 Å². The van der Waals surface area contributed by atoms with Crippen LogP contribution in [0, 0.1) is 5.82 Å². The van der Waals surface area contributed by atoms with Gasteiger partial charge < -0.3 is 15.0 Å². The van der Waals surface area contributed by atoms with Crippen molar-refractivity contribution in [2.75, 3.05) is 36.5 Å².